The fourth-order valence-corrected chi connectivity index (χ4v) is 2.22. The summed E-state index contributed by atoms with van der Waals surface area (Å²) in [6, 6.07) is 12.2. The molecule has 2 N–H and O–H groups in total. The van der Waals surface area contributed by atoms with Crippen LogP contribution in [0.15, 0.2) is 42.5 Å². The van der Waals surface area contributed by atoms with Gasteiger partial charge in [-0.3, -0.25) is 0 Å². The highest BCUT2D eigenvalue weighted by Gasteiger charge is 2.15. The molecule has 0 aliphatic rings. The van der Waals surface area contributed by atoms with Gasteiger partial charge in [0.15, 0.2) is 0 Å². The van der Waals surface area contributed by atoms with Gasteiger partial charge in [0.1, 0.15) is 12.4 Å². The van der Waals surface area contributed by atoms with Gasteiger partial charge >= 0.3 is 6.09 Å². The smallest absolute Gasteiger partial charge is 0.407 e. The van der Waals surface area contributed by atoms with Crippen molar-refractivity contribution in [1.29, 1.82) is 0 Å². The molecule has 1 amide bonds. The van der Waals surface area contributed by atoms with E-state index in [1.54, 1.807) is 26.0 Å². The van der Waals surface area contributed by atoms with Crippen LogP contribution in [0.4, 0.5) is 4.79 Å². The lowest BCUT2D eigenvalue weighted by Gasteiger charge is -2.16. The summed E-state index contributed by atoms with van der Waals surface area (Å²) in [6.45, 7) is 3.75. The van der Waals surface area contributed by atoms with Crippen molar-refractivity contribution in [3.63, 3.8) is 0 Å². The normalized spacial score (nSPS) is 11.8. The molecular formula is C17H18ClNO3. The van der Waals surface area contributed by atoms with Crippen LogP contribution < -0.4 is 5.32 Å². The van der Waals surface area contributed by atoms with Crippen molar-refractivity contribution in [3.8, 4) is 5.75 Å². The summed E-state index contributed by atoms with van der Waals surface area (Å²) in [5.74, 6) is 0.0951. The van der Waals surface area contributed by atoms with Crippen molar-refractivity contribution in [2.45, 2.75) is 26.5 Å². The van der Waals surface area contributed by atoms with Crippen molar-refractivity contribution in [3.05, 3.63) is 64.2 Å². The van der Waals surface area contributed by atoms with Gasteiger partial charge < -0.3 is 15.2 Å². The second kappa shape index (κ2) is 7.18. The van der Waals surface area contributed by atoms with Crippen LogP contribution in [-0.4, -0.2) is 11.2 Å². The van der Waals surface area contributed by atoms with Crippen LogP contribution in [0, 0.1) is 6.92 Å². The van der Waals surface area contributed by atoms with Gasteiger partial charge in [0, 0.05) is 10.6 Å². The van der Waals surface area contributed by atoms with E-state index in [1.165, 1.54) is 0 Å². The van der Waals surface area contributed by atoms with Gasteiger partial charge in [-0.25, -0.2) is 4.79 Å². The third-order valence-electron chi connectivity index (χ3n) is 3.32. The van der Waals surface area contributed by atoms with Crippen molar-refractivity contribution in [2.24, 2.45) is 0 Å². The average Bonchev–Trinajstić information content (AvgIpc) is 2.50. The Bertz CT molecular complexity index is 658. The van der Waals surface area contributed by atoms with E-state index in [0.717, 1.165) is 11.1 Å². The average molecular weight is 320 g/mol. The van der Waals surface area contributed by atoms with E-state index >= 15 is 0 Å². The molecule has 0 radical (unpaired) electrons. The minimum atomic E-state index is -0.549. The maximum atomic E-state index is 11.8. The van der Waals surface area contributed by atoms with E-state index in [2.05, 4.69) is 5.32 Å². The zero-order valence-electron chi connectivity index (χ0n) is 12.5. The molecule has 0 aliphatic heterocycles. The van der Waals surface area contributed by atoms with Crippen LogP contribution in [0.5, 0.6) is 5.75 Å². The number of aromatic hydroxyl groups is 1. The maximum absolute atomic E-state index is 11.8. The lowest BCUT2D eigenvalue weighted by molar-refractivity contribution is 0.136. The molecule has 116 valence electrons. The highest BCUT2D eigenvalue weighted by atomic mass is 35.5. The Kier molecular flexibility index (Phi) is 5.28. The molecule has 0 spiro atoms. The molecule has 22 heavy (non-hydrogen) atoms. The molecule has 2 aromatic carbocycles. The standard InChI is InChI=1S/C17H18ClNO3/c1-11-8-16(20)14(9-15(11)18)12(2)19-17(21)22-10-13-6-4-3-5-7-13/h3-9,12,20H,10H2,1-2H3,(H,19,21). The summed E-state index contributed by atoms with van der Waals surface area (Å²) >= 11 is 6.05. The Balaban J connectivity index is 1.95. The summed E-state index contributed by atoms with van der Waals surface area (Å²) in [7, 11) is 0. The highest BCUT2D eigenvalue weighted by Crippen LogP contribution is 2.30. The van der Waals surface area contributed by atoms with Crippen molar-refractivity contribution < 1.29 is 14.6 Å². The zero-order chi connectivity index (χ0) is 16.1. The zero-order valence-corrected chi connectivity index (χ0v) is 13.2. The molecule has 4 nitrogen and oxygen atoms in total. The minimum Gasteiger partial charge on any atom is -0.508 e. The minimum absolute atomic E-state index is 0.0951. The first-order chi connectivity index (χ1) is 10.5. The summed E-state index contributed by atoms with van der Waals surface area (Å²) in [5, 5.41) is 13.2. The molecule has 0 saturated carbocycles. The molecular weight excluding hydrogens is 302 g/mol. The van der Waals surface area contributed by atoms with Gasteiger partial charge in [0.25, 0.3) is 0 Å². The lowest BCUT2D eigenvalue weighted by Crippen LogP contribution is -2.27. The highest BCUT2D eigenvalue weighted by molar-refractivity contribution is 6.31. The van der Waals surface area contributed by atoms with Gasteiger partial charge in [-0.2, -0.15) is 0 Å². The SMILES string of the molecule is Cc1cc(O)c(C(C)NC(=O)OCc2ccccc2)cc1Cl. The summed E-state index contributed by atoms with van der Waals surface area (Å²) in [6.07, 6.45) is -0.549. The van der Waals surface area contributed by atoms with Crippen LogP contribution >= 0.6 is 11.6 Å². The second-order valence-electron chi connectivity index (χ2n) is 5.09. The Morgan fingerprint density at radius 3 is 2.68 bits per heavy atom. The summed E-state index contributed by atoms with van der Waals surface area (Å²) in [5.41, 5.74) is 2.24. The molecule has 0 heterocycles. The van der Waals surface area contributed by atoms with E-state index in [0.29, 0.717) is 10.6 Å². The van der Waals surface area contributed by atoms with Crippen LogP contribution in [-0.2, 0) is 11.3 Å². The topological polar surface area (TPSA) is 58.6 Å². The monoisotopic (exact) mass is 319 g/mol. The summed E-state index contributed by atoms with van der Waals surface area (Å²) < 4.78 is 5.15. The number of phenolic OH excluding ortho intramolecular Hbond substituents is 1. The Morgan fingerprint density at radius 1 is 1.32 bits per heavy atom. The predicted molar refractivity (Wildman–Crippen MR) is 86.0 cm³/mol. The van der Waals surface area contributed by atoms with E-state index in [1.807, 2.05) is 30.3 Å². The van der Waals surface area contributed by atoms with E-state index < -0.39 is 12.1 Å². The number of phenols is 1. The largest absolute Gasteiger partial charge is 0.508 e. The van der Waals surface area contributed by atoms with Crippen LogP contribution in [0.25, 0.3) is 0 Å². The van der Waals surface area contributed by atoms with Crippen LogP contribution in [0.3, 0.4) is 0 Å². The molecule has 1 unspecified atom stereocenters. The Hall–Kier alpha value is -2.20. The Labute approximate surface area is 134 Å². The van der Waals surface area contributed by atoms with Gasteiger partial charge in [0.05, 0.1) is 6.04 Å². The number of amides is 1. The van der Waals surface area contributed by atoms with Gasteiger partial charge in [-0.1, -0.05) is 41.9 Å². The quantitative estimate of drug-likeness (QED) is 0.881. The molecule has 2 rings (SSSR count). The first kappa shape index (κ1) is 16.2. The van der Waals surface area contributed by atoms with Gasteiger partial charge in [-0.05, 0) is 37.1 Å². The number of hydrogen-bond acceptors (Lipinski definition) is 3. The number of nitrogens with one attached hydrogen (secondary N) is 1. The van der Waals surface area contributed by atoms with Crippen molar-refractivity contribution >= 4 is 17.7 Å². The van der Waals surface area contributed by atoms with Crippen molar-refractivity contribution in [1.82, 2.24) is 5.32 Å². The van der Waals surface area contributed by atoms with Crippen molar-refractivity contribution in [2.75, 3.05) is 0 Å². The van der Waals surface area contributed by atoms with E-state index in [9.17, 15) is 9.90 Å². The van der Waals surface area contributed by atoms with Gasteiger partial charge in [0.2, 0.25) is 0 Å². The number of carbonyl (C=O) groups excluding carboxylic acids is 1. The number of benzene rings is 2. The van der Waals surface area contributed by atoms with Crippen LogP contribution in [0.1, 0.15) is 29.7 Å². The molecule has 0 saturated heterocycles. The number of hydrogen-bond donors (Lipinski definition) is 2. The number of aryl methyl sites for hydroxylation is 1. The van der Waals surface area contributed by atoms with Crippen LogP contribution in [0.2, 0.25) is 5.02 Å². The van der Waals surface area contributed by atoms with E-state index in [-0.39, 0.29) is 12.4 Å². The molecule has 0 fully saturated rings. The molecule has 0 aliphatic carbocycles. The Morgan fingerprint density at radius 2 is 2.00 bits per heavy atom. The first-order valence-corrected chi connectivity index (χ1v) is 7.31. The first-order valence-electron chi connectivity index (χ1n) is 6.93. The fraction of sp³-hybridized carbons (Fsp3) is 0.235. The molecule has 1 atom stereocenters. The number of rotatable bonds is 4. The predicted octanol–water partition coefficient (Wildman–Crippen LogP) is 4.34. The number of carbonyl (C=O) groups is 1. The fourth-order valence-electron chi connectivity index (χ4n) is 2.05. The lowest BCUT2D eigenvalue weighted by atomic mass is 10.1. The molecule has 2 aromatic rings. The molecule has 0 bridgehead atoms. The number of halogens is 1. The maximum Gasteiger partial charge on any atom is 0.407 e. The molecule has 0 aromatic heterocycles. The summed E-state index contributed by atoms with van der Waals surface area (Å²) in [4.78, 5) is 11.8. The molecule has 5 heteroatoms. The number of alkyl carbamates (subject to hydrolysis) is 1. The third kappa shape index (κ3) is 4.15. The van der Waals surface area contributed by atoms with E-state index in [4.69, 9.17) is 16.3 Å². The second-order valence-corrected chi connectivity index (χ2v) is 5.50. The third-order valence-corrected chi connectivity index (χ3v) is 3.73. The number of ether oxygens (including phenoxy) is 1. The van der Waals surface area contributed by atoms with Gasteiger partial charge in [-0.15, -0.1) is 0 Å².